The van der Waals surface area contributed by atoms with Crippen LogP contribution in [0.4, 0.5) is 0 Å². The minimum absolute atomic E-state index is 0.346. The smallest absolute Gasteiger partial charge is 0.344 e. The first kappa shape index (κ1) is 20.6. The number of rotatable bonds is 8. The van der Waals surface area contributed by atoms with Gasteiger partial charge in [0.2, 0.25) is 5.91 Å². The van der Waals surface area contributed by atoms with E-state index in [1.165, 1.54) is 0 Å². The Bertz CT molecular complexity index is 1150. The highest BCUT2D eigenvalue weighted by molar-refractivity contribution is 5.88. The lowest BCUT2D eigenvalue weighted by molar-refractivity contribution is -0.143. The maximum absolute atomic E-state index is 12.1. The first-order chi connectivity index (χ1) is 14.3. The zero-order valence-electron chi connectivity index (χ0n) is 15.7. The third-order valence-electron chi connectivity index (χ3n) is 4.22. The standard InChI is InChI=1S/C21H18N2O7/c22-18(24)10-16(20(26)27)23-19(25)11-29-14-7-5-12(6-8-14)17-9-13-3-1-2-4-15(13)21(28)30-17/h1-9,16H,10-11H2,(H2,22,24)(H,23,25)(H,26,27). The molecule has 154 valence electrons. The Morgan fingerprint density at radius 2 is 1.80 bits per heavy atom. The number of primary amides is 1. The van der Waals surface area contributed by atoms with E-state index in [9.17, 15) is 19.2 Å². The lowest BCUT2D eigenvalue weighted by Crippen LogP contribution is -2.45. The Labute approximate surface area is 170 Å². The third kappa shape index (κ3) is 5.02. The summed E-state index contributed by atoms with van der Waals surface area (Å²) in [5.74, 6) is -2.20. The van der Waals surface area contributed by atoms with Gasteiger partial charge in [-0.2, -0.15) is 0 Å². The van der Waals surface area contributed by atoms with Gasteiger partial charge in [0.15, 0.2) is 6.61 Å². The van der Waals surface area contributed by atoms with Crippen LogP contribution in [0.5, 0.6) is 5.75 Å². The predicted octanol–water partition coefficient (Wildman–Crippen LogP) is 1.28. The fraction of sp³-hybridized carbons (Fsp3) is 0.143. The number of nitrogens with two attached hydrogens (primary N) is 1. The van der Waals surface area contributed by atoms with E-state index < -0.39 is 42.5 Å². The topological polar surface area (TPSA) is 149 Å². The molecule has 2 amide bonds. The van der Waals surface area contributed by atoms with E-state index in [0.29, 0.717) is 22.5 Å². The maximum atomic E-state index is 12.1. The van der Waals surface area contributed by atoms with Gasteiger partial charge in [-0.3, -0.25) is 9.59 Å². The molecule has 2 aromatic carbocycles. The van der Waals surface area contributed by atoms with Crippen LogP contribution in [-0.2, 0) is 14.4 Å². The second kappa shape index (κ2) is 8.91. The fourth-order valence-electron chi connectivity index (χ4n) is 2.78. The maximum Gasteiger partial charge on any atom is 0.344 e. The summed E-state index contributed by atoms with van der Waals surface area (Å²) in [4.78, 5) is 45.9. The lowest BCUT2D eigenvalue weighted by atomic mass is 10.1. The average molecular weight is 410 g/mol. The van der Waals surface area contributed by atoms with E-state index in [4.69, 9.17) is 20.0 Å². The monoisotopic (exact) mass is 410 g/mol. The summed E-state index contributed by atoms with van der Waals surface area (Å²) in [5, 5.41) is 12.4. The van der Waals surface area contributed by atoms with Crippen molar-refractivity contribution in [2.24, 2.45) is 5.73 Å². The van der Waals surface area contributed by atoms with Crippen LogP contribution >= 0.6 is 0 Å². The average Bonchev–Trinajstić information content (AvgIpc) is 2.72. The van der Waals surface area contributed by atoms with Crippen molar-refractivity contribution >= 4 is 28.6 Å². The normalized spacial score (nSPS) is 11.6. The Morgan fingerprint density at radius 1 is 1.10 bits per heavy atom. The Kier molecular flexibility index (Phi) is 6.11. The summed E-state index contributed by atoms with van der Waals surface area (Å²) in [6.45, 7) is -0.451. The van der Waals surface area contributed by atoms with Crippen molar-refractivity contribution in [1.82, 2.24) is 5.32 Å². The number of ether oxygens (including phenoxy) is 1. The molecule has 0 saturated heterocycles. The molecule has 9 nitrogen and oxygen atoms in total. The van der Waals surface area contributed by atoms with Crippen molar-refractivity contribution < 1.29 is 28.6 Å². The molecule has 0 radical (unpaired) electrons. The Hall–Kier alpha value is -4.14. The van der Waals surface area contributed by atoms with Crippen LogP contribution in [0.1, 0.15) is 6.42 Å². The third-order valence-corrected chi connectivity index (χ3v) is 4.22. The molecule has 1 unspecified atom stereocenters. The highest BCUT2D eigenvalue weighted by Gasteiger charge is 2.22. The number of amides is 2. The molecule has 1 heterocycles. The quantitative estimate of drug-likeness (QED) is 0.506. The van der Waals surface area contributed by atoms with Gasteiger partial charge in [0.25, 0.3) is 5.91 Å². The Balaban J connectivity index is 1.65. The molecule has 0 spiro atoms. The molecule has 1 aromatic heterocycles. The highest BCUT2D eigenvalue weighted by atomic mass is 16.5. The highest BCUT2D eigenvalue weighted by Crippen LogP contribution is 2.24. The molecule has 0 aliphatic carbocycles. The minimum atomic E-state index is -1.42. The van der Waals surface area contributed by atoms with Crippen LogP contribution in [0.15, 0.2) is 63.8 Å². The molecular formula is C21H18N2O7. The van der Waals surface area contributed by atoms with E-state index in [1.54, 1.807) is 42.5 Å². The largest absolute Gasteiger partial charge is 0.484 e. The zero-order chi connectivity index (χ0) is 21.7. The number of carbonyl (C=O) groups excluding carboxylic acids is 2. The molecular weight excluding hydrogens is 392 g/mol. The number of aliphatic carboxylic acids is 1. The molecule has 3 rings (SSSR count). The van der Waals surface area contributed by atoms with Gasteiger partial charge in [-0.1, -0.05) is 18.2 Å². The van der Waals surface area contributed by atoms with Crippen molar-refractivity contribution in [1.29, 1.82) is 0 Å². The number of carbonyl (C=O) groups is 3. The van der Waals surface area contributed by atoms with E-state index >= 15 is 0 Å². The Morgan fingerprint density at radius 3 is 2.47 bits per heavy atom. The van der Waals surface area contributed by atoms with Crippen molar-refractivity contribution in [3.8, 4) is 17.1 Å². The summed E-state index contributed by atoms with van der Waals surface area (Å²) < 4.78 is 10.7. The molecule has 4 N–H and O–H groups in total. The van der Waals surface area contributed by atoms with Crippen LogP contribution < -0.4 is 21.4 Å². The van der Waals surface area contributed by atoms with Crippen LogP contribution in [0.2, 0.25) is 0 Å². The number of carboxylic acid groups (broad SMARTS) is 1. The van der Waals surface area contributed by atoms with E-state index in [2.05, 4.69) is 5.32 Å². The van der Waals surface area contributed by atoms with Crippen molar-refractivity contribution in [3.63, 3.8) is 0 Å². The number of fused-ring (bicyclic) bond motifs is 1. The SMILES string of the molecule is NC(=O)CC(NC(=O)COc1ccc(-c2cc3ccccc3c(=O)o2)cc1)C(=O)O. The summed E-state index contributed by atoms with van der Waals surface area (Å²) in [6, 6.07) is 13.9. The number of hydrogen-bond donors (Lipinski definition) is 3. The second-order valence-corrected chi connectivity index (χ2v) is 6.43. The van der Waals surface area contributed by atoms with Crippen LogP contribution in [0.3, 0.4) is 0 Å². The summed E-state index contributed by atoms with van der Waals surface area (Å²) in [6.07, 6.45) is -0.521. The summed E-state index contributed by atoms with van der Waals surface area (Å²) >= 11 is 0. The summed E-state index contributed by atoms with van der Waals surface area (Å²) in [7, 11) is 0. The van der Waals surface area contributed by atoms with Crippen LogP contribution in [0, 0.1) is 0 Å². The molecule has 9 heteroatoms. The fourth-order valence-corrected chi connectivity index (χ4v) is 2.78. The van der Waals surface area contributed by atoms with Gasteiger partial charge in [0, 0.05) is 5.56 Å². The molecule has 30 heavy (non-hydrogen) atoms. The molecule has 3 aromatic rings. The first-order valence-electron chi connectivity index (χ1n) is 8.90. The van der Waals surface area contributed by atoms with Crippen LogP contribution in [-0.4, -0.2) is 35.5 Å². The molecule has 0 bridgehead atoms. The van der Waals surface area contributed by atoms with Gasteiger partial charge in [0.1, 0.15) is 17.6 Å². The number of nitrogens with one attached hydrogen (secondary N) is 1. The number of carboxylic acids is 1. The number of hydrogen-bond acceptors (Lipinski definition) is 6. The lowest BCUT2D eigenvalue weighted by Gasteiger charge is -2.13. The van der Waals surface area contributed by atoms with Gasteiger partial charge in [0.05, 0.1) is 11.8 Å². The minimum Gasteiger partial charge on any atom is -0.484 e. The van der Waals surface area contributed by atoms with Gasteiger partial charge in [-0.25, -0.2) is 9.59 Å². The first-order valence-corrected chi connectivity index (χ1v) is 8.90. The molecule has 0 fully saturated rings. The van der Waals surface area contributed by atoms with Crippen LogP contribution in [0.25, 0.3) is 22.1 Å². The summed E-state index contributed by atoms with van der Waals surface area (Å²) in [5.41, 5.74) is 5.16. The molecule has 1 atom stereocenters. The second-order valence-electron chi connectivity index (χ2n) is 6.43. The molecule has 0 aliphatic heterocycles. The zero-order valence-corrected chi connectivity index (χ0v) is 15.7. The molecule has 0 saturated carbocycles. The van der Waals surface area contributed by atoms with Gasteiger partial charge in [-0.15, -0.1) is 0 Å². The van der Waals surface area contributed by atoms with Gasteiger partial charge < -0.3 is 25.3 Å². The van der Waals surface area contributed by atoms with Gasteiger partial charge >= 0.3 is 11.6 Å². The van der Waals surface area contributed by atoms with E-state index in [0.717, 1.165) is 5.39 Å². The van der Waals surface area contributed by atoms with Crippen molar-refractivity contribution in [3.05, 3.63) is 65.0 Å². The van der Waals surface area contributed by atoms with Crippen molar-refractivity contribution in [2.45, 2.75) is 12.5 Å². The molecule has 0 aliphatic rings. The number of benzene rings is 2. The van der Waals surface area contributed by atoms with E-state index in [-0.39, 0.29) is 0 Å². The van der Waals surface area contributed by atoms with Crippen molar-refractivity contribution in [2.75, 3.05) is 6.61 Å². The van der Waals surface area contributed by atoms with Gasteiger partial charge in [-0.05, 0) is 41.8 Å². The predicted molar refractivity (Wildman–Crippen MR) is 107 cm³/mol. The van der Waals surface area contributed by atoms with E-state index in [1.807, 2.05) is 12.1 Å².